The maximum Gasteiger partial charge on any atom is 0.139 e. The largest absolute Gasteiger partial charge is 0.495 e. The number of methoxy groups -OCH3 is 2. The van der Waals surface area contributed by atoms with Crippen LogP contribution in [0, 0.1) is 5.92 Å². The van der Waals surface area contributed by atoms with Crippen molar-refractivity contribution in [2.24, 2.45) is 5.92 Å². The van der Waals surface area contributed by atoms with Gasteiger partial charge in [0.05, 0.1) is 14.2 Å². The van der Waals surface area contributed by atoms with E-state index in [2.05, 4.69) is 48.1 Å². The molecule has 0 fully saturated rings. The summed E-state index contributed by atoms with van der Waals surface area (Å²) in [6.07, 6.45) is 2.09. The fourth-order valence-electron chi connectivity index (χ4n) is 2.40. The van der Waals surface area contributed by atoms with E-state index in [9.17, 15) is 0 Å². The first-order valence-electron chi connectivity index (χ1n) is 7.17. The van der Waals surface area contributed by atoms with E-state index in [0.717, 1.165) is 35.4 Å². The van der Waals surface area contributed by atoms with Crippen LogP contribution in [0.25, 0.3) is 0 Å². The smallest absolute Gasteiger partial charge is 0.139 e. The van der Waals surface area contributed by atoms with Crippen molar-refractivity contribution in [3.63, 3.8) is 0 Å². The van der Waals surface area contributed by atoms with Crippen LogP contribution >= 0.6 is 15.9 Å². The Labute approximate surface area is 131 Å². The van der Waals surface area contributed by atoms with Gasteiger partial charge in [-0.15, -0.1) is 0 Å². The minimum absolute atomic E-state index is 0.533. The van der Waals surface area contributed by atoms with Crippen LogP contribution in [0.15, 0.2) is 16.6 Å². The third-order valence-electron chi connectivity index (χ3n) is 3.56. The van der Waals surface area contributed by atoms with Crippen molar-refractivity contribution in [1.29, 1.82) is 0 Å². The van der Waals surface area contributed by atoms with Gasteiger partial charge in [-0.3, -0.25) is 0 Å². The number of hydrogen-bond donors (Lipinski definition) is 1. The van der Waals surface area contributed by atoms with Crippen molar-refractivity contribution < 1.29 is 9.47 Å². The second-order valence-corrected chi connectivity index (χ2v) is 6.01. The SMILES string of the molecule is CCNC(CCc1ccc(OC)c(Br)c1OC)C(C)C. The monoisotopic (exact) mass is 343 g/mol. The minimum atomic E-state index is 0.533. The van der Waals surface area contributed by atoms with E-state index in [1.165, 1.54) is 5.56 Å². The molecular weight excluding hydrogens is 318 g/mol. The van der Waals surface area contributed by atoms with Crippen LogP contribution in [0.3, 0.4) is 0 Å². The van der Waals surface area contributed by atoms with E-state index in [4.69, 9.17) is 9.47 Å². The highest BCUT2D eigenvalue weighted by Crippen LogP contribution is 2.37. The van der Waals surface area contributed by atoms with Crippen LogP contribution in [-0.4, -0.2) is 26.8 Å². The molecule has 0 aliphatic carbocycles. The first kappa shape index (κ1) is 17.3. The summed E-state index contributed by atoms with van der Waals surface area (Å²) < 4.78 is 11.7. The third-order valence-corrected chi connectivity index (χ3v) is 4.31. The standard InChI is InChI=1S/C16H26BrNO2/c1-6-18-13(11(2)3)9-7-12-8-10-14(19-4)15(17)16(12)20-5/h8,10-11,13,18H,6-7,9H2,1-5H3. The van der Waals surface area contributed by atoms with Gasteiger partial charge < -0.3 is 14.8 Å². The lowest BCUT2D eigenvalue weighted by Gasteiger charge is -2.22. The van der Waals surface area contributed by atoms with Crippen molar-refractivity contribution >= 4 is 15.9 Å². The van der Waals surface area contributed by atoms with Gasteiger partial charge in [0.1, 0.15) is 16.0 Å². The fourth-order valence-corrected chi connectivity index (χ4v) is 3.11. The predicted molar refractivity (Wildman–Crippen MR) is 87.9 cm³/mol. The van der Waals surface area contributed by atoms with E-state index >= 15 is 0 Å². The third kappa shape index (κ3) is 4.38. The van der Waals surface area contributed by atoms with Crippen LogP contribution in [0.5, 0.6) is 11.5 Å². The highest BCUT2D eigenvalue weighted by atomic mass is 79.9. The Morgan fingerprint density at radius 3 is 2.40 bits per heavy atom. The second-order valence-electron chi connectivity index (χ2n) is 5.22. The Bertz CT molecular complexity index is 421. The number of halogens is 1. The first-order valence-corrected chi connectivity index (χ1v) is 7.97. The summed E-state index contributed by atoms with van der Waals surface area (Å²) in [4.78, 5) is 0. The van der Waals surface area contributed by atoms with Gasteiger partial charge in [-0.1, -0.05) is 26.8 Å². The average Bonchev–Trinajstić information content (AvgIpc) is 2.43. The molecule has 0 aliphatic rings. The molecule has 0 amide bonds. The number of nitrogens with one attached hydrogen (secondary N) is 1. The lowest BCUT2D eigenvalue weighted by molar-refractivity contribution is 0.372. The van der Waals surface area contributed by atoms with Gasteiger partial charge in [-0.05, 0) is 52.9 Å². The normalized spacial score (nSPS) is 12.6. The number of benzene rings is 1. The summed E-state index contributed by atoms with van der Waals surface area (Å²) in [6.45, 7) is 7.68. The van der Waals surface area contributed by atoms with Gasteiger partial charge in [-0.2, -0.15) is 0 Å². The van der Waals surface area contributed by atoms with E-state index in [-0.39, 0.29) is 0 Å². The zero-order valence-electron chi connectivity index (χ0n) is 13.1. The quantitative estimate of drug-likeness (QED) is 0.772. The summed E-state index contributed by atoms with van der Waals surface area (Å²) in [5, 5.41) is 3.55. The summed E-state index contributed by atoms with van der Waals surface area (Å²) in [6, 6.07) is 4.61. The lowest BCUT2D eigenvalue weighted by Crippen LogP contribution is -2.34. The highest BCUT2D eigenvalue weighted by Gasteiger charge is 2.16. The number of hydrogen-bond acceptors (Lipinski definition) is 3. The Morgan fingerprint density at radius 1 is 1.20 bits per heavy atom. The van der Waals surface area contributed by atoms with Crippen molar-refractivity contribution in [2.45, 2.75) is 39.7 Å². The van der Waals surface area contributed by atoms with Crippen LogP contribution in [0.2, 0.25) is 0 Å². The molecule has 1 aromatic rings. The molecule has 0 heterocycles. The zero-order valence-corrected chi connectivity index (χ0v) is 14.7. The topological polar surface area (TPSA) is 30.5 Å². The number of rotatable bonds is 8. The van der Waals surface area contributed by atoms with Crippen LogP contribution in [0.1, 0.15) is 32.8 Å². The molecule has 0 aromatic heterocycles. The summed E-state index contributed by atoms with van der Waals surface area (Å²) in [5.41, 5.74) is 1.21. The Morgan fingerprint density at radius 2 is 1.90 bits per heavy atom. The Kier molecular flexibility index (Phi) is 7.38. The van der Waals surface area contributed by atoms with Gasteiger partial charge in [0.15, 0.2) is 0 Å². The molecule has 1 atom stereocenters. The van der Waals surface area contributed by atoms with E-state index in [0.29, 0.717) is 12.0 Å². The van der Waals surface area contributed by atoms with Gasteiger partial charge in [-0.25, -0.2) is 0 Å². The first-order chi connectivity index (χ1) is 9.54. The molecule has 1 N–H and O–H groups in total. The molecule has 0 saturated carbocycles. The van der Waals surface area contributed by atoms with Crippen LogP contribution in [-0.2, 0) is 6.42 Å². The van der Waals surface area contributed by atoms with Crippen molar-refractivity contribution in [2.75, 3.05) is 20.8 Å². The van der Waals surface area contributed by atoms with Gasteiger partial charge in [0, 0.05) is 6.04 Å². The Hall–Kier alpha value is -0.740. The molecule has 1 aromatic carbocycles. The number of aryl methyl sites for hydroxylation is 1. The molecule has 0 spiro atoms. The summed E-state index contributed by atoms with van der Waals surface area (Å²) in [7, 11) is 3.37. The zero-order chi connectivity index (χ0) is 15.1. The second kappa shape index (κ2) is 8.53. The van der Waals surface area contributed by atoms with E-state index in [1.54, 1.807) is 14.2 Å². The summed E-state index contributed by atoms with van der Waals surface area (Å²) in [5.74, 6) is 2.31. The Balaban J connectivity index is 2.84. The van der Waals surface area contributed by atoms with Gasteiger partial charge in [0.25, 0.3) is 0 Å². The molecule has 0 bridgehead atoms. The average molecular weight is 344 g/mol. The van der Waals surface area contributed by atoms with Crippen LogP contribution < -0.4 is 14.8 Å². The fraction of sp³-hybridized carbons (Fsp3) is 0.625. The summed E-state index contributed by atoms with van der Waals surface area (Å²) >= 11 is 3.55. The lowest BCUT2D eigenvalue weighted by atomic mass is 9.96. The van der Waals surface area contributed by atoms with Crippen molar-refractivity contribution in [3.8, 4) is 11.5 Å². The molecule has 20 heavy (non-hydrogen) atoms. The predicted octanol–water partition coefficient (Wildman–Crippen LogP) is 4.03. The molecular formula is C16H26BrNO2. The van der Waals surface area contributed by atoms with Crippen molar-refractivity contribution in [3.05, 3.63) is 22.2 Å². The molecule has 1 rings (SSSR count). The molecule has 0 aliphatic heterocycles. The van der Waals surface area contributed by atoms with Crippen molar-refractivity contribution in [1.82, 2.24) is 5.32 Å². The van der Waals surface area contributed by atoms with Gasteiger partial charge in [0.2, 0.25) is 0 Å². The van der Waals surface area contributed by atoms with Gasteiger partial charge >= 0.3 is 0 Å². The maximum absolute atomic E-state index is 5.52. The highest BCUT2D eigenvalue weighted by molar-refractivity contribution is 9.10. The van der Waals surface area contributed by atoms with E-state index < -0.39 is 0 Å². The van der Waals surface area contributed by atoms with E-state index in [1.807, 2.05) is 6.07 Å². The molecule has 0 radical (unpaired) electrons. The molecule has 4 heteroatoms. The molecule has 114 valence electrons. The molecule has 0 saturated heterocycles. The molecule has 1 unspecified atom stereocenters. The minimum Gasteiger partial charge on any atom is -0.495 e. The van der Waals surface area contributed by atoms with Crippen LogP contribution in [0.4, 0.5) is 0 Å². The molecule has 3 nitrogen and oxygen atoms in total. The number of ether oxygens (including phenoxy) is 2. The maximum atomic E-state index is 5.52.